The molecule has 156 valence electrons. The third kappa shape index (κ3) is 4.07. The minimum absolute atomic E-state index is 0. The monoisotopic (exact) mass is 494 g/mol. The second kappa shape index (κ2) is 10.1. The Morgan fingerprint density at radius 3 is 1.09 bits per heavy atom. The van der Waals surface area contributed by atoms with Crippen LogP contribution in [0.2, 0.25) is 0 Å². The summed E-state index contributed by atoms with van der Waals surface area (Å²) in [6.07, 6.45) is 0. The van der Waals surface area contributed by atoms with Crippen molar-refractivity contribution >= 4 is 28.5 Å². The topological polar surface area (TPSA) is 0 Å². The third-order valence-electron chi connectivity index (χ3n) is 5.77. The van der Waals surface area contributed by atoms with Gasteiger partial charge in [0.1, 0.15) is 28.5 Å². The summed E-state index contributed by atoms with van der Waals surface area (Å²) >= 11 is 0. The van der Waals surface area contributed by atoms with Crippen LogP contribution in [0.1, 0.15) is 0 Å². The van der Waals surface area contributed by atoms with Gasteiger partial charge < -0.3 is 17.0 Å². The van der Waals surface area contributed by atoms with Crippen LogP contribution in [0.5, 0.6) is 0 Å². The standard InChI is InChI=1S/C30H24P.BrH/c1-5-14-25(15-6-1)26-16-13-23-30(24-26)31(27-17-7-2-8-18-27,28-19-9-3-10-20-28)29-21-11-4-12-22-29;/h1-24H;1H/q+1;/p-1. The van der Waals surface area contributed by atoms with Gasteiger partial charge in [0.15, 0.2) is 0 Å². The van der Waals surface area contributed by atoms with E-state index in [9.17, 15) is 0 Å². The number of halogens is 1. The third-order valence-corrected chi connectivity index (χ3v) is 10.0. The lowest BCUT2D eigenvalue weighted by atomic mass is 10.1. The van der Waals surface area contributed by atoms with Crippen LogP contribution in [0.4, 0.5) is 0 Å². The van der Waals surface area contributed by atoms with E-state index in [-0.39, 0.29) is 17.0 Å². The smallest absolute Gasteiger partial charge is 0.144 e. The summed E-state index contributed by atoms with van der Waals surface area (Å²) < 4.78 is 0. The minimum Gasteiger partial charge on any atom is -1.00 e. The fourth-order valence-electron chi connectivity index (χ4n) is 4.37. The van der Waals surface area contributed by atoms with Crippen molar-refractivity contribution in [2.45, 2.75) is 0 Å². The summed E-state index contributed by atoms with van der Waals surface area (Å²) in [6, 6.07) is 52.9. The van der Waals surface area contributed by atoms with Crippen molar-refractivity contribution in [1.82, 2.24) is 0 Å². The first-order valence-corrected chi connectivity index (χ1v) is 12.4. The van der Waals surface area contributed by atoms with Gasteiger partial charge in [-0.2, -0.15) is 0 Å². The van der Waals surface area contributed by atoms with Gasteiger partial charge in [0.05, 0.1) is 0 Å². The molecule has 0 nitrogen and oxygen atoms in total. The molecule has 0 fully saturated rings. The molecular weight excluding hydrogens is 471 g/mol. The molecule has 0 aliphatic rings. The highest BCUT2D eigenvalue weighted by Crippen LogP contribution is 2.54. The predicted octanol–water partition coefficient (Wildman–Crippen LogP) is 2.98. The zero-order chi connectivity index (χ0) is 20.9. The molecule has 0 aliphatic heterocycles. The Hall–Kier alpha value is -2.99. The molecule has 32 heavy (non-hydrogen) atoms. The second-order valence-corrected chi connectivity index (χ2v) is 11.0. The first-order chi connectivity index (χ1) is 15.4. The lowest BCUT2D eigenvalue weighted by molar-refractivity contribution is -0.00000584. The lowest BCUT2D eigenvalue weighted by Crippen LogP contribution is -3.00. The molecule has 0 atom stereocenters. The lowest BCUT2D eigenvalue weighted by Gasteiger charge is -2.28. The summed E-state index contributed by atoms with van der Waals surface area (Å²) in [4.78, 5) is 0. The van der Waals surface area contributed by atoms with Crippen molar-refractivity contribution in [1.29, 1.82) is 0 Å². The van der Waals surface area contributed by atoms with Crippen LogP contribution in [0, 0.1) is 0 Å². The van der Waals surface area contributed by atoms with E-state index >= 15 is 0 Å². The van der Waals surface area contributed by atoms with E-state index in [1.807, 2.05) is 0 Å². The zero-order valence-corrected chi connectivity index (χ0v) is 20.2. The van der Waals surface area contributed by atoms with Crippen LogP contribution < -0.4 is 38.2 Å². The fourth-order valence-corrected chi connectivity index (χ4v) is 8.66. The highest BCUT2D eigenvalue weighted by molar-refractivity contribution is 8.01. The average Bonchev–Trinajstić information content (AvgIpc) is 2.87. The van der Waals surface area contributed by atoms with E-state index in [2.05, 4.69) is 146 Å². The van der Waals surface area contributed by atoms with Gasteiger partial charge >= 0.3 is 0 Å². The van der Waals surface area contributed by atoms with Crippen molar-refractivity contribution in [3.63, 3.8) is 0 Å². The molecule has 0 aliphatic carbocycles. The van der Waals surface area contributed by atoms with Gasteiger partial charge in [0.2, 0.25) is 0 Å². The Labute approximate surface area is 201 Å². The van der Waals surface area contributed by atoms with Crippen molar-refractivity contribution in [3.05, 3.63) is 146 Å². The van der Waals surface area contributed by atoms with Gasteiger partial charge in [-0.1, -0.05) is 97.1 Å². The first kappa shape index (κ1) is 22.2. The molecule has 0 bridgehead atoms. The largest absolute Gasteiger partial charge is 1.00 e. The molecule has 0 saturated carbocycles. The van der Waals surface area contributed by atoms with Gasteiger partial charge in [-0.15, -0.1) is 0 Å². The van der Waals surface area contributed by atoms with Gasteiger partial charge in [-0.05, 0) is 59.7 Å². The zero-order valence-electron chi connectivity index (χ0n) is 17.7. The summed E-state index contributed by atoms with van der Waals surface area (Å²) in [5.41, 5.74) is 2.50. The molecule has 5 rings (SSSR count). The Morgan fingerprint density at radius 2 is 0.656 bits per heavy atom. The van der Waals surface area contributed by atoms with Gasteiger partial charge in [-0.3, -0.25) is 0 Å². The molecule has 0 amide bonds. The molecule has 5 aromatic carbocycles. The SMILES string of the molecule is [Br-].c1ccc(-c2cccc([P+](c3ccccc3)(c3ccccc3)c3ccccc3)c2)cc1. The summed E-state index contributed by atoms with van der Waals surface area (Å²) in [7, 11) is -2.05. The Bertz CT molecular complexity index is 1160. The van der Waals surface area contributed by atoms with Crippen molar-refractivity contribution in [3.8, 4) is 11.1 Å². The van der Waals surface area contributed by atoms with E-state index in [1.54, 1.807) is 0 Å². The Morgan fingerprint density at radius 1 is 0.312 bits per heavy atom. The van der Waals surface area contributed by atoms with Gasteiger partial charge in [0, 0.05) is 0 Å². The van der Waals surface area contributed by atoms with Crippen LogP contribution in [0.25, 0.3) is 11.1 Å². The van der Waals surface area contributed by atoms with Crippen molar-refractivity contribution in [2.75, 3.05) is 0 Å². The van der Waals surface area contributed by atoms with Crippen LogP contribution in [-0.2, 0) is 0 Å². The molecule has 0 aromatic heterocycles. The highest BCUT2D eigenvalue weighted by atomic mass is 79.9. The maximum Gasteiger partial charge on any atom is 0.144 e. The maximum absolute atomic E-state index is 2.40. The van der Waals surface area contributed by atoms with E-state index < -0.39 is 7.26 Å². The normalized spacial score (nSPS) is 10.9. The number of rotatable bonds is 5. The van der Waals surface area contributed by atoms with E-state index in [4.69, 9.17) is 0 Å². The van der Waals surface area contributed by atoms with Crippen molar-refractivity contribution < 1.29 is 17.0 Å². The molecule has 5 aromatic rings. The Kier molecular flexibility index (Phi) is 7.00. The quantitative estimate of drug-likeness (QED) is 0.329. The first-order valence-electron chi connectivity index (χ1n) is 10.6. The molecule has 0 heterocycles. The second-order valence-electron chi connectivity index (χ2n) is 7.59. The molecule has 2 heteroatoms. The van der Waals surface area contributed by atoms with Crippen LogP contribution >= 0.6 is 7.26 Å². The molecule has 0 unspecified atom stereocenters. The van der Waals surface area contributed by atoms with Crippen LogP contribution in [-0.4, -0.2) is 0 Å². The van der Waals surface area contributed by atoms with Crippen LogP contribution in [0.15, 0.2) is 146 Å². The Balaban J connectivity index is 0.00000245. The summed E-state index contributed by atoms with van der Waals surface area (Å²) in [6.45, 7) is 0. The van der Waals surface area contributed by atoms with E-state index in [0.29, 0.717) is 0 Å². The maximum atomic E-state index is 2.40. The van der Waals surface area contributed by atoms with Gasteiger partial charge in [0.25, 0.3) is 0 Å². The van der Waals surface area contributed by atoms with E-state index in [1.165, 1.54) is 32.3 Å². The van der Waals surface area contributed by atoms with Crippen molar-refractivity contribution in [2.24, 2.45) is 0 Å². The summed E-state index contributed by atoms with van der Waals surface area (Å²) in [5, 5.41) is 5.49. The molecule has 0 saturated heterocycles. The molecule has 0 N–H and O–H groups in total. The number of hydrogen-bond acceptors (Lipinski definition) is 0. The van der Waals surface area contributed by atoms with E-state index in [0.717, 1.165) is 0 Å². The molecule has 0 spiro atoms. The van der Waals surface area contributed by atoms with Gasteiger partial charge in [-0.25, -0.2) is 0 Å². The average molecular weight is 495 g/mol. The minimum atomic E-state index is -2.05. The highest BCUT2D eigenvalue weighted by Gasteiger charge is 2.47. The predicted molar refractivity (Wildman–Crippen MR) is 137 cm³/mol. The number of benzene rings is 5. The van der Waals surface area contributed by atoms with Crippen LogP contribution in [0.3, 0.4) is 0 Å². The fraction of sp³-hybridized carbons (Fsp3) is 0. The summed E-state index contributed by atoms with van der Waals surface area (Å²) in [5.74, 6) is 0. The molecule has 0 radical (unpaired) electrons. The molecular formula is C30H24BrP. The number of hydrogen-bond donors (Lipinski definition) is 0.